The van der Waals surface area contributed by atoms with Crippen LogP contribution in [-0.2, 0) is 0 Å². The lowest BCUT2D eigenvalue weighted by molar-refractivity contribution is 0.428. The third kappa shape index (κ3) is 1.82. The molecule has 0 amide bonds. The number of rotatable bonds is 3. The van der Waals surface area contributed by atoms with Crippen LogP contribution in [0.5, 0.6) is 0 Å². The van der Waals surface area contributed by atoms with E-state index in [0.29, 0.717) is 11.3 Å². The molecular formula is C10H15ClN2S. The van der Waals surface area contributed by atoms with Crippen LogP contribution < -0.4 is 11.3 Å². The molecule has 14 heavy (non-hydrogen) atoms. The second-order valence-electron chi connectivity index (χ2n) is 4.59. The standard InChI is InChI=1S/C10H15ClN2S/c1-10(2)5-6(10)9(13-12)7-3-4-8(11)14-7/h3-4,6,9,13H,5,12H2,1-2H3. The van der Waals surface area contributed by atoms with Gasteiger partial charge in [-0.2, -0.15) is 0 Å². The van der Waals surface area contributed by atoms with Crippen LogP contribution in [0.1, 0.15) is 31.2 Å². The Morgan fingerprint density at radius 3 is 2.64 bits per heavy atom. The Bertz CT molecular complexity index is 335. The second-order valence-corrected chi connectivity index (χ2v) is 6.33. The van der Waals surface area contributed by atoms with Crippen molar-refractivity contribution in [1.29, 1.82) is 0 Å². The number of halogens is 1. The van der Waals surface area contributed by atoms with Crippen LogP contribution in [0.15, 0.2) is 12.1 Å². The van der Waals surface area contributed by atoms with Crippen LogP contribution in [-0.4, -0.2) is 0 Å². The van der Waals surface area contributed by atoms with Gasteiger partial charge in [-0.25, -0.2) is 0 Å². The summed E-state index contributed by atoms with van der Waals surface area (Å²) in [6.07, 6.45) is 1.23. The normalized spacial score (nSPS) is 26.1. The van der Waals surface area contributed by atoms with Gasteiger partial charge >= 0.3 is 0 Å². The van der Waals surface area contributed by atoms with Crippen molar-refractivity contribution < 1.29 is 0 Å². The van der Waals surface area contributed by atoms with E-state index in [4.69, 9.17) is 17.4 Å². The number of hydrogen-bond acceptors (Lipinski definition) is 3. The maximum atomic E-state index is 5.91. The van der Waals surface area contributed by atoms with Gasteiger partial charge in [-0.15, -0.1) is 11.3 Å². The zero-order chi connectivity index (χ0) is 10.3. The van der Waals surface area contributed by atoms with Gasteiger partial charge in [0.15, 0.2) is 0 Å². The van der Waals surface area contributed by atoms with Gasteiger partial charge in [-0.1, -0.05) is 25.4 Å². The SMILES string of the molecule is CC1(C)CC1C(NN)c1ccc(Cl)s1. The molecule has 0 aromatic carbocycles. The maximum Gasteiger partial charge on any atom is 0.0931 e. The Hall–Kier alpha value is -0.0900. The first kappa shape index (κ1) is 10.4. The molecule has 78 valence electrons. The first-order valence-corrected chi connectivity index (χ1v) is 5.95. The van der Waals surface area contributed by atoms with Crippen molar-refractivity contribution >= 4 is 22.9 Å². The van der Waals surface area contributed by atoms with E-state index in [1.807, 2.05) is 6.07 Å². The summed E-state index contributed by atoms with van der Waals surface area (Å²) in [7, 11) is 0. The van der Waals surface area contributed by atoms with Crippen LogP contribution in [0.3, 0.4) is 0 Å². The Balaban J connectivity index is 2.15. The highest BCUT2D eigenvalue weighted by Gasteiger charge is 2.50. The van der Waals surface area contributed by atoms with E-state index < -0.39 is 0 Å². The zero-order valence-corrected chi connectivity index (χ0v) is 9.95. The van der Waals surface area contributed by atoms with Crippen molar-refractivity contribution in [1.82, 2.24) is 5.43 Å². The average molecular weight is 231 g/mol. The molecule has 1 heterocycles. The Morgan fingerprint density at radius 2 is 2.29 bits per heavy atom. The minimum absolute atomic E-state index is 0.266. The first-order chi connectivity index (χ1) is 6.54. The molecule has 0 radical (unpaired) electrons. The summed E-state index contributed by atoms with van der Waals surface area (Å²) in [6, 6.07) is 4.26. The van der Waals surface area contributed by atoms with Gasteiger partial charge in [0.05, 0.1) is 10.4 Å². The Morgan fingerprint density at radius 1 is 1.64 bits per heavy atom. The van der Waals surface area contributed by atoms with Crippen LogP contribution in [0.2, 0.25) is 4.34 Å². The molecule has 0 aliphatic heterocycles. The summed E-state index contributed by atoms with van der Waals surface area (Å²) in [5.41, 5.74) is 3.33. The number of hydrazine groups is 1. The van der Waals surface area contributed by atoms with Crippen molar-refractivity contribution in [2.24, 2.45) is 17.2 Å². The molecule has 1 aliphatic rings. The lowest BCUT2D eigenvalue weighted by atomic mass is 10.0. The number of thiophene rings is 1. The molecule has 3 N–H and O–H groups in total. The minimum Gasteiger partial charge on any atom is -0.271 e. The highest BCUT2D eigenvalue weighted by Crippen LogP contribution is 2.58. The smallest absolute Gasteiger partial charge is 0.0931 e. The fourth-order valence-corrected chi connectivity index (χ4v) is 3.16. The number of nitrogens with two attached hydrogens (primary N) is 1. The fraction of sp³-hybridized carbons (Fsp3) is 0.600. The van der Waals surface area contributed by atoms with E-state index in [9.17, 15) is 0 Å². The Kier molecular flexibility index (Phi) is 2.60. The van der Waals surface area contributed by atoms with E-state index >= 15 is 0 Å². The molecule has 1 aromatic heterocycles. The van der Waals surface area contributed by atoms with Gasteiger partial charge < -0.3 is 0 Å². The topological polar surface area (TPSA) is 38.0 Å². The summed E-state index contributed by atoms with van der Waals surface area (Å²) >= 11 is 7.52. The summed E-state index contributed by atoms with van der Waals surface area (Å²) in [5.74, 6) is 6.23. The van der Waals surface area contributed by atoms with Crippen molar-refractivity contribution in [3.63, 3.8) is 0 Å². The molecular weight excluding hydrogens is 216 g/mol. The lowest BCUT2D eigenvalue weighted by Crippen LogP contribution is -2.30. The highest BCUT2D eigenvalue weighted by atomic mass is 35.5. The van der Waals surface area contributed by atoms with E-state index in [-0.39, 0.29) is 6.04 Å². The zero-order valence-electron chi connectivity index (χ0n) is 8.38. The molecule has 2 rings (SSSR count). The predicted octanol–water partition coefficient (Wildman–Crippen LogP) is 2.95. The summed E-state index contributed by atoms with van der Waals surface area (Å²) in [5, 5.41) is 0. The van der Waals surface area contributed by atoms with Gasteiger partial charge in [0.25, 0.3) is 0 Å². The molecule has 2 unspecified atom stereocenters. The lowest BCUT2D eigenvalue weighted by Gasteiger charge is -2.15. The first-order valence-electron chi connectivity index (χ1n) is 4.76. The van der Waals surface area contributed by atoms with Crippen LogP contribution >= 0.6 is 22.9 Å². The van der Waals surface area contributed by atoms with Crippen molar-refractivity contribution in [3.05, 3.63) is 21.3 Å². The molecule has 1 aromatic rings. The van der Waals surface area contributed by atoms with E-state index in [1.54, 1.807) is 11.3 Å². The quantitative estimate of drug-likeness (QED) is 0.619. The molecule has 0 spiro atoms. The summed E-state index contributed by atoms with van der Waals surface area (Å²) in [6.45, 7) is 4.55. The molecule has 0 saturated heterocycles. The van der Waals surface area contributed by atoms with Crippen LogP contribution in [0.25, 0.3) is 0 Å². The summed E-state index contributed by atoms with van der Waals surface area (Å²) in [4.78, 5) is 1.24. The van der Waals surface area contributed by atoms with Crippen molar-refractivity contribution in [2.45, 2.75) is 26.3 Å². The van der Waals surface area contributed by atoms with Gasteiger partial charge in [0, 0.05) is 4.88 Å². The molecule has 0 bridgehead atoms. The third-order valence-electron chi connectivity index (χ3n) is 3.07. The van der Waals surface area contributed by atoms with E-state index in [1.165, 1.54) is 11.3 Å². The second kappa shape index (κ2) is 3.49. The van der Waals surface area contributed by atoms with Gasteiger partial charge in [0.2, 0.25) is 0 Å². The van der Waals surface area contributed by atoms with Crippen LogP contribution in [0, 0.1) is 11.3 Å². The fourth-order valence-electron chi connectivity index (χ4n) is 1.97. The molecule has 4 heteroatoms. The van der Waals surface area contributed by atoms with Crippen LogP contribution in [0.4, 0.5) is 0 Å². The summed E-state index contributed by atoms with van der Waals surface area (Å²) < 4.78 is 0.832. The Labute approximate surface area is 93.4 Å². The van der Waals surface area contributed by atoms with E-state index in [2.05, 4.69) is 25.3 Å². The van der Waals surface area contributed by atoms with Gasteiger partial charge in [0.1, 0.15) is 0 Å². The average Bonchev–Trinajstić information content (AvgIpc) is 2.56. The van der Waals surface area contributed by atoms with Gasteiger partial charge in [-0.05, 0) is 29.9 Å². The van der Waals surface area contributed by atoms with Crippen molar-refractivity contribution in [3.8, 4) is 0 Å². The highest BCUT2D eigenvalue weighted by molar-refractivity contribution is 7.16. The maximum absolute atomic E-state index is 5.91. The molecule has 1 fully saturated rings. The monoisotopic (exact) mass is 230 g/mol. The number of hydrogen-bond donors (Lipinski definition) is 2. The van der Waals surface area contributed by atoms with E-state index in [0.717, 1.165) is 4.34 Å². The molecule has 2 nitrogen and oxygen atoms in total. The minimum atomic E-state index is 0.266. The molecule has 1 aliphatic carbocycles. The van der Waals surface area contributed by atoms with Gasteiger partial charge in [-0.3, -0.25) is 11.3 Å². The largest absolute Gasteiger partial charge is 0.271 e. The molecule has 1 saturated carbocycles. The molecule has 2 atom stereocenters. The number of nitrogens with one attached hydrogen (secondary N) is 1. The predicted molar refractivity (Wildman–Crippen MR) is 61.3 cm³/mol. The van der Waals surface area contributed by atoms with Crippen molar-refractivity contribution in [2.75, 3.05) is 0 Å². The third-order valence-corrected chi connectivity index (χ3v) is 4.39.